The Morgan fingerprint density at radius 2 is 1.85 bits per heavy atom. The molecule has 1 aliphatic heterocycles. The highest BCUT2D eigenvalue weighted by atomic mass is 32.2. The number of esters is 1. The van der Waals surface area contributed by atoms with E-state index in [1.54, 1.807) is 25.1 Å². The molecule has 0 bridgehead atoms. The minimum absolute atomic E-state index is 0.182. The van der Waals surface area contributed by atoms with Crippen molar-refractivity contribution in [3.8, 4) is 17.2 Å². The summed E-state index contributed by atoms with van der Waals surface area (Å²) in [4.78, 5) is 31.1. The molecule has 0 radical (unpaired) electrons. The van der Waals surface area contributed by atoms with E-state index in [1.165, 1.54) is 6.07 Å². The van der Waals surface area contributed by atoms with Crippen LogP contribution in [0.1, 0.15) is 46.0 Å². The number of nitrogens with zero attached hydrogens (tertiary/aromatic N) is 2. The van der Waals surface area contributed by atoms with Crippen LogP contribution >= 0.6 is 0 Å². The molecule has 2 aromatic carbocycles. The molecular weight excluding hydrogens is 536 g/mol. The van der Waals surface area contributed by atoms with Gasteiger partial charge < -0.3 is 18.8 Å². The van der Waals surface area contributed by atoms with Crippen LogP contribution in [0, 0.1) is 0 Å². The number of benzene rings is 3. The summed E-state index contributed by atoms with van der Waals surface area (Å²) in [5.41, 5.74) is 2.28. The van der Waals surface area contributed by atoms with Crippen molar-refractivity contribution in [2.45, 2.75) is 46.0 Å². The molecule has 2 aliphatic rings. The Balaban J connectivity index is 1.53. The Hall–Kier alpha value is -3.70. The third kappa shape index (κ3) is 7.48. The van der Waals surface area contributed by atoms with Gasteiger partial charge in [-0.1, -0.05) is 0 Å². The second-order valence-electron chi connectivity index (χ2n) is 9.48. The van der Waals surface area contributed by atoms with Gasteiger partial charge in [0.2, 0.25) is 0 Å². The average molecular weight is 571 g/mol. The minimum atomic E-state index is -4.02. The third-order valence-corrected chi connectivity index (χ3v) is 7.38. The van der Waals surface area contributed by atoms with Gasteiger partial charge in [0.15, 0.2) is 16.8 Å². The van der Waals surface area contributed by atoms with Crippen molar-refractivity contribution < 1.29 is 31.7 Å². The molecule has 1 N–H and O–H groups in total. The van der Waals surface area contributed by atoms with Crippen molar-refractivity contribution in [2.24, 2.45) is 0 Å². The number of aromatic nitrogens is 1. The lowest BCUT2D eigenvalue weighted by Crippen LogP contribution is -2.25. The summed E-state index contributed by atoms with van der Waals surface area (Å²) in [6, 6.07) is 12.3. The number of hydrogen-bond donors (Lipinski definition) is 1. The van der Waals surface area contributed by atoms with Crippen LogP contribution in [0.5, 0.6) is 5.75 Å². The Kier molecular flexibility index (Phi) is 9.59. The highest BCUT2D eigenvalue weighted by molar-refractivity contribution is 7.85. The first kappa shape index (κ1) is 29.3. The van der Waals surface area contributed by atoms with E-state index in [2.05, 4.69) is 0 Å². The maximum Gasteiger partial charge on any atom is 0.305 e. The molecule has 0 atom stereocenters. The summed E-state index contributed by atoms with van der Waals surface area (Å²) in [6.45, 7) is 5.67. The smallest absolute Gasteiger partial charge is 0.305 e. The van der Waals surface area contributed by atoms with E-state index in [1.807, 2.05) is 30.0 Å². The predicted molar refractivity (Wildman–Crippen MR) is 154 cm³/mol. The van der Waals surface area contributed by atoms with Crippen LogP contribution in [0.3, 0.4) is 0 Å². The fourth-order valence-corrected chi connectivity index (χ4v) is 5.10. The van der Waals surface area contributed by atoms with Gasteiger partial charge in [0.25, 0.3) is 10.1 Å². The number of unbranched alkanes of at least 4 members (excludes halogenated alkanes) is 2. The number of ether oxygens (including phenoxy) is 2. The van der Waals surface area contributed by atoms with Crippen LogP contribution in [0.4, 0.5) is 5.69 Å². The Morgan fingerprint density at radius 3 is 2.60 bits per heavy atom. The normalized spacial score (nSPS) is 11.8. The van der Waals surface area contributed by atoms with Gasteiger partial charge in [-0.05, 0) is 69.9 Å². The molecule has 1 heterocycles. The molecular formula is C29H34N2O8S. The molecule has 214 valence electrons. The van der Waals surface area contributed by atoms with Gasteiger partial charge in [-0.25, -0.2) is 4.98 Å². The largest absolute Gasteiger partial charge is 0.494 e. The van der Waals surface area contributed by atoms with Crippen LogP contribution in [-0.4, -0.2) is 56.0 Å². The number of fused-ring (bicyclic) bond motifs is 4. The molecule has 0 aromatic heterocycles. The van der Waals surface area contributed by atoms with E-state index in [-0.39, 0.29) is 23.6 Å². The molecule has 0 fully saturated rings. The minimum Gasteiger partial charge on any atom is -0.494 e. The van der Waals surface area contributed by atoms with E-state index in [0.29, 0.717) is 71.8 Å². The summed E-state index contributed by atoms with van der Waals surface area (Å²) in [5, 5.41) is 1.15. The zero-order chi connectivity index (χ0) is 28.7. The van der Waals surface area contributed by atoms with Gasteiger partial charge in [0, 0.05) is 48.1 Å². The molecule has 2 aromatic rings. The van der Waals surface area contributed by atoms with E-state index in [9.17, 15) is 18.0 Å². The zero-order valence-corrected chi connectivity index (χ0v) is 23.5. The molecule has 0 saturated carbocycles. The number of rotatable bonds is 14. The first-order valence-corrected chi connectivity index (χ1v) is 15.1. The van der Waals surface area contributed by atoms with Gasteiger partial charge in [0.1, 0.15) is 17.0 Å². The lowest BCUT2D eigenvalue weighted by Gasteiger charge is -2.23. The number of carbonyl (C=O) groups is 1. The van der Waals surface area contributed by atoms with Crippen LogP contribution in [-0.2, 0) is 19.6 Å². The summed E-state index contributed by atoms with van der Waals surface area (Å²) in [5.74, 6) is 0.477. The van der Waals surface area contributed by atoms with E-state index in [0.717, 1.165) is 24.9 Å². The van der Waals surface area contributed by atoms with Crippen molar-refractivity contribution in [2.75, 3.05) is 37.0 Å². The second kappa shape index (κ2) is 13.1. The van der Waals surface area contributed by atoms with Crippen molar-refractivity contribution in [3.05, 3.63) is 52.7 Å². The highest BCUT2D eigenvalue weighted by Crippen LogP contribution is 2.33. The van der Waals surface area contributed by atoms with Crippen LogP contribution in [0.15, 0.2) is 51.7 Å². The summed E-state index contributed by atoms with van der Waals surface area (Å²) in [6.07, 6.45) is 3.04. The molecule has 40 heavy (non-hydrogen) atoms. The molecule has 4 rings (SSSR count). The fraction of sp³-hybridized carbons (Fsp3) is 0.414. The summed E-state index contributed by atoms with van der Waals surface area (Å²) < 4.78 is 48.1. The standard InChI is InChI=1S/C29H34N2O8S/c1-3-31(14-8-16-40(34,35)36)20-10-13-24-26(17-20)39-27-19-25(32)22-12-11-21(18-23(22)29(27)30-24)38-15-7-5-6-9-28(33)37-4-2/h10-13,17-19H,3-9,14-16H2,1-2H3,(H,34,35,36). The lowest BCUT2D eigenvalue weighted by molar-refractivity contribution is -0.143. The molecule has 1 aliphatic carbocycles. The highest BCUT2D eigenvalue weighted by Gasteiger charge is 2.18. The van der Waals surface area contributed by atoms with Gasteiger partial charge >= 0.3 is 5.97 Å². The lowest BCUT2D eigenvalue weighted by atomic mass is 10.0. The van der Waals surface area contributed by atoms with Crippen molar-refractivity contribution in [1.82, 2.24) is 4.98 Å². The SMILES string of the molecule is CCOC(=O)CCCCCOc1ccc2c(=O)cc3oc4cc(N(CC)CCCS(=O)(=O)O)ccc4nc-3c2c1. The van der Waals surface area contributed by atoms with Crippen LogP contribution in [0.2, 0.25) is 0 Å². The Labute approximate surface area is 233 Å². The predicted octanol–water partition coefficient (Wildman–Crippen LogP) is 5.05. The van der Waals surface area contributed by atoms with Crippen LogP contribution < -0.4 is 15.1 Å². The molecule has 0 amide bonds. The Bertz CT molecular complexity index is 1620. The molecule has 10 nitrogen and oxygen atoms in total. The van der Waals surface area contributed by atoms with Gasteiger partial charge in [-0.15, -0.1) is 0 Å². The third-order valence-electron chi connectivity index (χ3n) is 6.58. The molecule has 0 saturated heterocycles. The molecule has 11 heteroatoms. The maximum absolute atomic E-state index is 12.9. The number of hydrogen-bond acceptors (Lipinski definition) is 9. The fourth-order valence-electron chi connectivity index (χ4n) is 4.61. The summed E-state index contributed by atoms with van der Waals surface area (Å²) in [7, 11) is -4.02. The first-order chi connectivity index (χ1) is 19.2. The van der Waals surface area contributed by atoms with Gasteiger partial charge in [-0.2, -0.15) is 8.42 Å². The Morgan fingerprint density at radius 1 is 1.02 bits per heavy atom. The van der Waals surface area contributed by atoms with Crippen LogP contribution in [0.25, 0.3) is 33.3 Å². The van der Waals surface area contributed by atoms with Gasteiger partial charge in [0.05, 0.1) is 19.0 Å². The second-order valence-corrected chi connectivity index (χ2v) is 11.1. The van der Waals surface area contributed by atoms with E-state index in [4.69, 9.17) is 23.4 Å². The first-order valence-electron chi connectivity index (χ1n) is 13.5. The van der Waals surface area contributed by atoms with E-state index < -0.39 is 10.1 Å². The zero-order valence-electron chi connectivity index (χ0n) is 22.7. The number of anilines is 1. The molecule has 0 spiro atoms. The topological polar surface area (TPSA) is 136 Å². The number of carbonyl (C=O) groups excluding carboxylic acids is 1. The quantitative estimate of drug-likeness (QED) is 0.0721. The van der Waals surface area contributed by atoms with Gasteiger partial charge in [-0.3, -0.25) is 14.1 Å². The van der Waals surface area contributed by atoms with Crippen molar-refractivity contribution >= 4 is 43.6 Å². The van der Waals surface area contributed by atoms with Crippen molar-refractivity contribution in [1.29, 1.82) is 0 Å². The van der Waals surface area contributed by atoms with Crippen molar-refractivity contribution in [3.63, 3.8) is 0 Å². The monoisotopic (exact) mass is 570 g/mol. The maximum atomic E-state index is 12.9. The van der Waals surface area contributed by atoms with E-state index >= 15 is 0 Å². The molecule has 0 unspecified atom stereocenters. The average Bonchev–Trinajstić information content (AvgIpc) is 2.91. The summed E-state index contributed by atoms with van der Waals surface area (Å²) >= 11 is 0.